The van der Waals surface area contributed by atoms with Gasteiger partial charge in [0.1, 0.15) is 0 Å². The molecule has 104 valence electrons. The van der Waals surface area contributed by atoms with E-state index in [9.17, 15) is 9.90 Å². The molecule has 1 aliphatic rings. The molecule has 1 heterocycles. The van der Waals surface area contributed by atoms with Crippen molar-refractivity contribution in [3.63, 3.8) is 0 Å². The predicted molar refractivity (Wildman–Crippen MR) is 75.9 cm³/mol. The third-order valence-corrected chi connectivity index (χ3v) is 4.46. The Morgan fingerprint density at radius 1 is 1.37 bits per heavy atom. The highest BCUT2D eigenvalue weighted by Gasteiger charge is 2.23. The molecular weight excluding hydrogens is 260 g/mol. The second kappa shape index (κ2) is 7.50. The maximum atomic E-state index is 11.7. The van der Waals surface area contributed by atoms with E-state index in [4.69, 9.17) is 0 Å². The van der Waals surface area contributed by atoms with Gasteiger partial charge >= 0.3 is 0 Å². The normalized spacial score (nSPS) is 23.0. The van der Waals surface area contributed by atoms with Crippen LogP contribution in [-0.2, 0) is 4.79 Å². The van der Waals surface area contributed by atoms with Crippen molar-refractivity contribution < 1.29 is 9.90 Å². The quantitative estimate of drug-likeness (QED) is 0.808. The molecule has 0 bridgehead atoms. The Bertz CT molecular complexity index is 400. The van der Waals surface area contributed by atoms with Crippen molar-refractivity contribution in [2.45, 2.75) is 36.7 Å². The van der Waals surface area contributed by atoms with Gasteiger partial charge in [-0.3, -0.25) is 9.78 Å². The Balaban J connectivity index is 1.67. The number of nitrogens with zero attached hydrogens (tertiary/aromatic N) is 1. The van der Waals surface area contributed by atoms with E-state index >= 15 is 0 Å². The van der Waals surface area contributed by atoms with Crippen LogP contribution in [0.4, 0.5) is 0 Å². The minimum atomic E-state index is -0.248. The number of aliphatic hydroxyl groups excluding tert-OH is 1. The number of pyridine rings is 1. The fourth-order valence-electron chi connectivity index (χ4n) is 2.31. The number of rotatable bonds is 5. The first kappa shape index (κ1) is 14.3. The van der Waals surface area contributed by atoms with Crippen LogP contribution in [-0.4, -0.2) is 34.4 Å². The number of aliphatic hydroxyl groups is 1. The first-order valence-electron chi connectivity index (χ1n) is 6.73. The van der Waals surface area contributed by atoms with Crippen LogP contribution in [0.3, 0.4) is 0 Å². The Labute approximate surface area is 118 Å². The van der Waals surface area contributed by atoms with Crippen LogP contribution in [0.2, 0.25) is 0 Å². The second-order valence-electron chi connectivity index (χ2n) is 4.89. The summed E-state index contributed by atoms with van der Waals surface area (Å²) in [5.74, 6) is 0.663. The van der Waals surface area contributed by atoms with E-state index in [1.807, 2.05) is 12.1 Å². The van der Waals surface area contributed by atoms with Crippen molar-refractivity contribution in [1.29, 1.82) is 0 Å². The molecule has 2 unspecified atom stereocenters. The van der Waals surface area contributed by atoms with Crippen LogP contribution in [0.1, 0.15) is 25.7 Å². The van der Waals surface area contributed by atoms with Crippen LogP contribution >= 0.6 is 11.8 Å². The predicted octanol–water partition coefficient (Wildman–Crippen LogP) is 1.84. The first-order chi connectivity index (χ1) is 9.25. The smallest absolute Gasteiger partial charge is 0.230 e. The number of carbonyl (C=O) groups is 1. The Kier molecular flexibility index (Phi) is 5.66. The van der Waals surface area contributed by atoms with Gasteiger partial charge < -0.3 is 10.4 Å². The van der Waals surface area contributed by atoms with E-state index in [0.717, 1.165) is 30.6 Å². The molecule has 0 radical (unpaired) electrons. The molecule has 1 amide bonds. The van der Waals surface area contributed by atoms with Gasteiger partial charge in [0.15, 0.2) is 0 Å². The molecule has 0 aliphatic heterocycles. The van der Waals surface area contributed by atoms with Gasteiger partial charge in [-0.2, -0.15) is 0 Å². The summed E-state index contributed by atoms with van der Waals surface area (Å²) in [5.41, 5.74) is 0. The number of hydrogen-bond donors (Lipinski definition) is 2. The van der Waals surface area contributed by atoms with Crippen LogP contribution in [0, 0.1) is 5.92 Å². The van der Waals surface area contributed by atoms with Crippen LogP contribution in [0.5, 0.6) is 0 Å². The zero-order valence-corrected chi connectivity index (χ0v) is 11.7. The van der Waals surface area contributed by atoms with Crippen molar-refractivity contribution in [2.75, 3.05) is 12.3 Å². The highest BCUT2D eigenvalue weighted by Crippen LogP contribution is 2.23. The average Bonchev–Trinajstić information content (AvgIpc) is 2.45. The maximum absolute atomic E-state index is 11.7. The van der Waals surface area contributed by atoms with E-state index in [1.165, 1.54) is 11.8 Å². The SMILES string of the molecule is O=C(CSc1ccncc1)NCC1CCCCC1O. The summed E-state index contributed by atoms with van der Waals surface area (Å²) in [4.78, 5) is 16.7. The zero-order chi connectivity index (χ0) is 13.5. The fourth-order valence-corrected chi connectivity index (χ4v) is 3.02. The van der Waals surface area contributed by atoms with Gasteiger partial charge in [0.05, 0.1) is 11.9 Å². The van der Waals surface area contributed by atoms with Crippen molar-refractivity contribution in [3.8, 4) is 0 Å². The molecular formula is C14H20N2O2S. The van der Waals surface area contributed by atoms with Crippen LogP contribution in [0.25, 0.3) is 0 Å². The lowest BCUT2D eigenvalue weighted by Gasteiger charge is -2.27. The summed E-state index contributed by atoms with van der Waals surface area (Å²) in [5, 5.41) is 12.7. The molecule has 2 N–H and O–H groups in total. The minimum Gasteiger partial charge on any atom is -0.393 e. The van der Waals surface area contributed by atoms with Crippen LogP contribution < -0.4 is 5.32 Å². The zero-order valence-electron chi connectivity index (χ0n) is 10.9. The number of thioether (sulfide) groups is 1. The molecule has 19 heavy (non-hydrogen) atoms. The number of aromatic nitrogens is 1. The molecule has 1 aromatic heterocycles. The third kappa shape index (κ3) is 4.84. The number of carbonyl (C=O) groups excluding carboxylic acids is 1. The van der Waals surface area contributed by atoms with E-state index in [-0.39, 0.29) is 17.9 Å². The van der Waals surface area contributed by atoms with Crippen LogP contribution in [0.15, 0.2) is 29.4 Å². The van der Waals surface area contributed by atoms with Crippen molar-refractivity contribution in [2.24, 2.45) is 5.92 Å². The molecule has 2 rings (SSSR count). The van der Waals surface area contributed by atoms with Gasteiger partial charge in [-0.05, 0) is 25.0 Å². The van der Waals surface area contributed by atoms with Gasteiger partial charge in [0.2, 0.25) is 5.91 Å². The Hall–Kier alpha value is -1.07. The molecule has 5 heteroatoms. The van der Waals surface area contributed by atoms with E-state index < -0.39 is 0 Å². The monoisotopic (exact) mass is 280 g/mol. The van der Waals surface area contributed by atoms with Crippen molar-refractivity contribution >= 4 is 17.7 Å². The second-order valence-corrected chi connectivity index (χ2v) is 5.94. The summed E-state index contributed by atoms with van der Waals surface area (Å²) in [6, 6.07) is 3.78. The van der Waals surface area contributed by atoms with Gasteiger partial charge in [-0.15, -0.1) is 11.8 Å². The Morgan fingerprint density at radius 3 is 2.84 bits per heavy atom. The standard InChI is InChI=1S/C14H20N2O2S/c17-13-4-2-1-3-11(13)9-16-14(18)10-19-12-5-7-15-8-6-12/h5-8,11,13,17H,1-4,9-10H2,(H,16,18). The van der Waals surface area contributed by atoms with Gasteiger partial charge in [-0.25, -0.2) is 0 Å². The van der Waals surface area contributed by atoms with Crippen molar-refractivity contribution in [1.82, 2.24) is 10.3 Å². The molecule has 1 aromatic rings. The molecule has 0 saturated heterocycles. The summed E-state index contributed by atoms with van der Waals surface area (Å²) in [6.07, 6.45) is 7.33. The van der Waals surface area contributed by atoms with Crippen molar-refractivity contribution in [3.05, 3.63) is 24.5 Å². The molecule has 2 atom stereocenters. The summed E-state index contributed by atoms with van der Waals surface area (Å²) >= 11 is 1.50. The fraction of sp³-hybridized carbons (Fsp3) is 0.571. The molecule has 0 spiro atoms. The lowest BCUT2D eigenvalue weighted by atomic mass is 9.86. The lowest BCUT2D eigenvalue weighted by Crippen LogP contribution is -2.37. The molecule has 0 aromatic carbocycles. The molecule has 1 saturated carbocycles. The highest BCUT2D eigenvalue weighted by molar-refractivity contribution is 8.00. The number of nitrogens with one attached hydrogen (secondary N) is 1. The minimum absolute atomic E-state index is 0.0274. The maximum Gasteiger partial charge on any atom is 0.230 e. The first-order valence-corrected chi connectivity index (χ1v) is 7.72. The Morgan fingerprint density at radius 2 is 2.11 bits per heavy atom. The topological polar surface area (TPSA) is 62.2 Å². The highest BCUT2D eigenvalue weighted by atomic mass is 32.2. The lowest BCUT2D eigenvalue weighted by molar-refractivity contribution is -0.119. The van der Waals surface area contributed by atoms with E-state index in [1.54, 1.807) is 12.4 Å². The largest absolute Gasteiger partial charge is 0.393 e. The van der Waals surface area contributed by atoms with Gasteiger partial charge in [0.25, 0.3) is 0 Å². The molecule has 1 aliphatic carbocycles. The third-order valence-electron chi connectivity index (χ3n) is 3.45. The van der Waals surface area contributed by atoms with Gasteiger partial charge in [0, 0.05) is 29.8 Å². The summed E-state index contributed by atoms with van der Waals surface area (Å²) < 4.78 is 0. The molecule has 1 fully saturated rings. The van der Waals surface area contributed by atoms with Gasteiger partial charge in [-0.1, -0.05) is 12.8 Å². The number of hydrogen-bond acceptors (Lipinski definition) is 4. The summed E-state index contributed by atoms with van der Waals surface area (Å²) in [6.45, 7) is 0.594. The summed E-state index contributed by atoms with van der Waals surface area (Å²) in [7, 11) is 0. The molecule has 4 nitrogen and oxygen atoms in total. The van der Waals surface area contributed by atoms with E-state index in [2.05, 4.69) is 10.3 Å². The van der Waals surface area contributed by atoms with E-state index in [0.29, 0.717) is 12.3 Å². The number of amides is 1. The average molecular weight is 280 g/mol.